The van der Waals surface area contributed by atoms with Crippen molar-refractivity contribution in [3.8, 4) is 0 Å². The van der Waals surface area contributed by atoms with Crippen molar-refractivity contribution in [3.63, 3.8) is 0 Å². The predicted octanol–water partition coefficient (Wildman–Crippen LogP) is 4.07. The second kappa shape index (κ2) is 13.8. The van der Waals surface area contributed by atoms with Gasteiger partial charge in [0.2, 0.25) is 5.91 Å². The van der Waals surface area contributed by atoms with Crippen LogP contribution in [0.4, 0.5) is 14.3 Å². The lowest BCUT2D eigenvalue weighted by atomic mass is 10.1. The number of ether oxygens (including phenoxy) is 1. The van der Waals surface area contributed by atoms with E-state index in [1.165, 1.54) is 25.1 Å². The number of benzene rings is 2. The standard InChI is InChI=1S/C22H24Cl2FN4O8PS/c1-12(30)29(26-9-13-3-2-4-17(25)20(13)24)15(8-16(31)11-37-38(33,34)35)10-36-22(32)28-21-27-18-6-5-14(23)7-19(18)39-21/h2-7,15-16,26,31H,8-11H2,1H3,(H,27,28,32)(H2,33,34,35)/t15-,16+/m0/s1. The van der Waals surface area contributed by atoms with Gasteiger partial charge in [-0.3, -0.25) is 19.6 Å². The Balaban J connectivity index is 1.71. The number of fused-ring (bicyclic) bond motifs is 1. The average molecular weight is 625 g/mol. The average Bonchev–Trinajstić information content (AvgIpc) is 3.24. The van der Waals surface area contributed by atoms with E-state index in [4.69, 9.17) is 37.7 Å². The van der Waals surface area contributed by atoms with Crippen LogP contribution in [-0.4, -0.2) is 62.2 Å². The zero-order chi connectivity index (χ0) is 28.7. The Bertz CT molecular complexity index is 1380. The third-order valence-corrected chi connectivity index (χ3v) is 7.20. The van der Waals surface area contributed by atoms with Gasteiger partial charge in [-0.25, -0.2) is 24.2 Å². The molecule has 0 bridgehead atoms. The Hall–Kier alpha value is -2.39. The van der Waals surface area contributed by atoms with Crippen LogP contribution >= 0.6 is 42.4 Å². The second-order valence-electron chi connectivity index (χ2n) is 8.12. The van der Waals surface area contributed by atoms with Crippen molar-refractivity contribution in [3.05, 3.63) is 57.8 Å². The molecule has 212 valence electrons. The lowest BCUT2D eigenvalue weighted by molar-refractivity contribution is -0.137. The van der Waals surface area contributed by atoms with Gasteiger partial charge < -0.3 is 19.6 Å². The van der Waals surface area contributed by atoms with Crippen LogP contribution in [0, 0.1) is 5.82 Å². The molecule has 39 heavy (non-hydrogen) atoms. The SMILES string of the molecule is CC(=O)N(NCc1cccc(F)c1Cl)[C@H](COC(=O)Nc1nc2ccc(Cl)cc2s1)C[C@@H](O)COP(=O)(O)O. The van der Waals surface area contributed by atoms with Gasteiger partial charge in [0, 0.05) is 24.9 Å². The highest BCUT2D eigenvalue weighted by Crippen LogP contribution is 2.36. The first-order valence-electron chi connectivity index (χ1n) is 11.2. The Labute approximate surface area is 235 Å². The summed E-state index contributed by atoms with van der Waals surface area (Å²) in [6, 6.07) is 8.10. The highest BCUT2D eigenvalue weighted by molar-refractivity contribution is 7.46. The van der Waals surface area contributed by atoms with Gasteiger partial charge in [0.25, 0.3) is 0 Å². The quantitative estimate of drug-likeness (QED) is 0.146. The van der Waals surface area contributed by atoms with Gasteiger partial charge in [-0.2, -0.15) is 0 Å². The molecule has 0 aliphatic heterocycles. The van der Waals surface area contributed by atoms with Gasteiger partial charge in [0.05, 0.1) is 34.0 Å². The molecule has 2 amide bonds. The van der Waals surface area contributed by atoms with Crippen molar-refractivity contribution < 1.29 is 42.7 Å². The highest BCUT2D eigenvalue weighted by Gasteiger charge is 2.28. The Morgan fingerprint density at radius 3 is 2.67 bits per heavy atom. The summed E-state index contributed by atoms with van der Waals surface area (Å²) in [5.41, 5.74) is 3.70. The number of carbonyl (C=O) groups excluding carboxylic acids is 2. The molecule has 0 fully saturated rings. The van der Waals surface area contributed by atoms with E-state index in [0.717, 1.165) is 21.0 Å². The molecule has 1 heterocycles. The van der Waals surface area contributed by atoms with E-state index in [-0.39, 0.29) is 23.1 Å². The summed E-state index contributed by atoms with van der Waals surface area (Å²) in [6.45, 7) is -0.137. The number of nitrogens with one attached hydrogen (secondary N) is 2. The summed E-state index contributed by atoms with van der Waals surface area (Å²) in [7, 11) is -4.87. The van der Waals surface area contributed by atoms with Crippen LogP contribution in [-0.2, 0) is 25.2 Å². The van der Waals surface area contributed by atoms with E-state index in [2.05, 4.69) is 20.3 Å². The number of aliphatic hydroxyl groups excluding tert-OH is 1. The maximum absolute atomic E-state index is 13.8. The molecular weight excluding hydrogens is 601 g/mol. The third kappa shape index (κ3) is 9.64. The second-order valence-corrected chi connectivity index (χ2v) is 11.2. The van der Waals surface area contributed by atoms with E-state index in [1.807, 2.05) is 0 Å². The van der Waals surface area contributed by atoms with Crippen LogP contribution in [0.2, 0.25) is 10.0 Å². The van der Waals surface area contributed by atoms with E-state index >= 15 is 0 Å². The van der Waals surface area contributed by atoms with Crippen LogP contribution in [0.15, 0.2) is 36.4 Å². The topological polar surface area (TPSA) is 171 Å². The molecule has 0 spiro atoms. The first-order chi connectivity index (χ1) is 18.3. The molecule has 0 radical (unpaired) electrons. The summed E-state index contributed by atoms with van der Waals surface area (Å²) in [4.78, 5) is 47.0. The number of hydrogen-bond acceptors (Lipinski definition) is 9. The minimum absolute atomic E-state index is 0.109. The molecule has 2 aromatic carbocycles. The molecule has 0 unspecified atom stereocenters. The fourth-order valence-electron chi connectivity index (χ4n) is 3.41. The molecule has 17 heteroatoms. The number of phosphoric ester groups is 1. The molecule has 3 rings (SSSR count). The first-order valence-corrected chi connectivity index (χ1v) is 14.3. The van der Waals surface area contributed by atoms with Gasteiger partial charge >= 0.3 is 13.9 Å². The minimum atomic E-state index is -4.87. The predicted molar refractivity (Wildman–Crippen MR) is 143 cm³/mol. The number of anilines is 1. The number of thiazole rings is 1. The highest BCUT2D eigenvalue weighted by atomic mass is 35.5. The summed E-state index contributed by atoms with van der Waals surface area (Å²) in [6.07, 6.45) is -2.70. The number of halogens is 3. The van der Waals surface area contributed by atoms with E-state index in [0.29, 0.717) is 16.1 Å². The molecule has 0 aliphatic rings. The molecule has 2 atom stereocenters. The summed E-state index contributed by atoms with van der Waals surface area (Å²) in [5, 5.41) is 14.4. The number of hydrazine groups is 1. The molecule has 0 saturated carbocycles. The van der Waals surface area contributed by atoms with Crippen LogP contribution in [0.3, 0.4) is 0 Å². The van der Waals surface area contributed by atoms with E-state index in [9.17, 15) is 23.7 Å². The van der Waals surface area contributed by atoms with Gasteiger partial charge in [-0.15, -0.1) is 0 Å². The summed E-state index contributed by atoms with van der Waals surface area (Å²) >= 11 is 13.1. The Morgan fingerprint density at radius 2 is 1.97 bits per heavy atom. The molecule has 1 aromatic heterocycles. The van der Waals surface area contributed by atoms with Crippen molar-refractivity contribution >= 4 is 69.7 Å². The van der Waals surface area contributed by atoms with Gasteiger partial charge in [-0.1, -0.05) is 46.7 Å². The van der Waals surface area contributed by atoms with Gasteiger partial charge in [0.1, 0.15) is 12.4 Å². The van der Waals surface area contributed by atoms with Crippen molar-refractivity contribution in [2.24, 2.45) is 0 Å². The first kappa shape index (κ1) is 31.1. The lowest BCUT2D eigenvalue weighted by Crippen LogP contribution is -2.52. The van der Waals surface area contributed by atoms with Crippen LogP contribution in [0.5, 0.6) is 0 Å². The molecule has 5 N–H and O–H groups in total. The molecule has 0 saturated heterocycles. The normalized spacial score (nSPS) is 13.2. The van der Waals surface area contributed by atoms with Crippen LogP contribution in [0.25, 0.3) is 10.2 Å². The summed E-state index contributed by atoms with van der Waals surface area (Å²) in [5.74, 6) is -1.23. The number of carbonyl (C=O) groups is 2. The summed E-state index contributed by atoms with van der Waals surface area (Å²) < 4.78 is 35.2. The molecule has 12 nitrogen and oxygen atoms in total. The monoisotopic (exact) mass is 624 g/mol. The smallest absolute Gasteiger partial charge is 0.447 e. The molecule has 0 aliphatic carbocycles. The maximum atomic E-state index is 13.8. The minimum Gasteiger partial charge on any atom is -0.447 e. The molecular formula is C22H24Cl2FN4O8PS. The van der Waals surface area contributed by atoms with E-state index < -0.39 is 51.0 Å². The third-order valence-electron chi connectivity index (χ3n) is 5.12. The van der Waals surface area contributed by atoms with Crippen molar-refractivity contribution in [1.82, 2.24) is 15.4 Å². The number of nitrogens with zero attached hydrogens (tertiary/aromatic N) is 2. The fourth-order valence-corrected chi connectivity index (χ4v) is 5.10. The van der Waals surface area contributed by atoms with Crippen molar-refractivity contribution in [2.45, 2.75) is 32.0 Å². The number of amides is 2. The number of hydrogen-bond donors (Lipinski definition) is 5. The zero-order valence-electron chi connectivity index (χ0n) is 20.2. The van der Waals surface area contributed by atoms with Crippen LogP contribution < -0.4 is 10.7 Å². The van der Waals surface area contributed by atoms with Crippen LogP contribution in [0.1, 0.15) is 18.9 Å². The van der Waals surface area contributed by atoms with E-state index in [1.54, 1.807) is 18.2 Å². The van der Waals surface area contributed by atoms with Gasteiger partial charge in [0.15, 0.2) is 5.13 Å². The Kier molecular flexibility index (Phi) is 11.0. The largest absolute Gasteiger partial charge is 0.469 e. The molecule has 3 aromatic rings. The van der Waals surface area contributed by atoms with Gasteiger partial charge in [-0.05, 0) is 29.8 Å². The number of aliphatic hydroxyl groups is 1. The van der Waals surface area contributed by atoms with Crippen molar-refractivity contribution in [1.29, 1.82) is 0 Å². The maximum Gasteiger partial charge on any atom is 0.469 e. The lowest BCUT2D eigenvalue weighted by Gasteiger charge is -2.32. The number of aromatic nitrogens is 1. The number of phosphoric acid groups is 1. The Morgan fingerprint density at radius 1 is 1.23 bits per heavy atom. The van der Waals surface area contributed by atoms with Crippen molar-refractivity contribution in [2.75, 3.05) is 18.5 Å². The fraction of sp³-hybridized carbons (Fsp3) is 0.318. The number of rotatable bonds is 12. The zero-order valence-corrected chi connectivity index (χ0v) is 23.4.